The van der Waals surface area contributed by atoms with Gasteiger partial charge in [-0.15, -0.1) is 0 Å². The van der Waals surface area contributed by atoms with Crippen LogP contribution in [0.2, 0.25) is 0 Å². The molecule has 0 bridgehead atoms. The van der Waals surface area contributed by atoms with Gasteiger partial charge in [-0.2, -0.15) is 0 Å². The molecule has 0 aromatic heterocycles. The summed E-state index contributed by atoms with van der Waals surface area (Å²) in [6, 6.07) is 8.56. The van der Waals surface area contributed by atoms with Crippen molar-refractivity contribution in [3.8, 4) is 0 Å². The molecule has 2 amide bonds. The first-order chi connectivity index (χ1) is 10.2. The molecule has 1 fully saturated rings. The predicted octanol–water partition coefficient (Wildman–Crippen LogP) is 2.21. The third-order valence-electron chi connectivity index (χ3n) is 4.19. The summed E-state index contributed by atoms with van der Waals surface area (Å²) in [6.45, 7) is 4.45. The number of carbonyl (C=O) groups is 1. The van der Waals surface area contributed by atoms with Crippen LogP contribution in [0.4, 0.5) is 4.79 Å². The number of nitrogens with one attached hydrogen (secondary N) is 1. The SMILES string of the molecule is CCc1ccc(CCNC(=O)N2CCCC(CO)C2)cc1. The van der Waals surface area contributed by atoms with Gasteiger partial charge in [0.15, 0.2) is 0 Å². The molecule has 1 unspecified atom stereocenters. The van der Waals surface area contributed by atoms with E-state index in [0.29, 0.717) is 13.1 Å². The van der Waals surface area contributed by atoms with Gasteiger partial charge in [0.05, 0.1) is 0 Å². The topological polar surface area (TPSA) is 52.6 Å². The van der Waals surface area contributed by atoms with Crippen LogP contribution in [-0.2, 0) is 12.8 Å². The average molecular weight is 290 g/mol. The summed E-state index contributed by atoms with van der Waals surface area (Å²) in [5.74, 6) is 0.242. The highest BCUT2D eigenvalue weighted by Crippen LogP contribution is 2.15. The van der Waals surface area contributed by atoms with Gasteiger partial charge in [-0.25, -0.2) is 4.79 Å². The molecule has 0 spiro atoms. The van der Waals surface area contributed by atoms with E-state index in [0.717, 1.165) is 32.2 Å². The van der Waals surface area contributed by atoms with E-state index in [1.807, 2.05) is 4.90 Å². The van der Waals surface area contributed by atoms with Crippen LogP contribution in [0.1, 0.15) is 30.9 Å². The second-order valence-electron chi connectivity index (χ2n) is 5.79. The Balaban J connectivity index is 1.73. The number of benzene rings is 1. The minimum atomic E-state index is -0.00155. The number of piperidine rings is 1. The van der Waals surface area contributed by atoms with Gasteiger partial charge in [-0.3, -0.25) is 0 Å². The molecule has 1 saturated heterocycles. The molecule has 1 aliphatic rings. The molecular formula is C17H26N2O2. The van der Waals surface area contributed by atoms with Crippen molar-refractivity contribution >= 4 is 6.03 Å². The van der Waals surface area contributed by atoms with Gasteiger partial charge in [0.2, 0.25) is 0 Å². The Kier molecular flexibility index (Phi) is 6.05. The first-order valence-corrected chi connectivity index (χ1v) is 7.94. The third-order valence-corrected chi connectivity index (χ3v) is 4.19. The molecule has 0 aliphatic carbocycles. The second kappa shape index (κ2) is 8.03. The summed E-state index contributed by atoms with van der Waals surface area (Å²) in [7, 11) is 0. The van der Waals surface area contributed by atoms with Crippen molar-refractivity contribution in [2.45, 2.75) is 32.6 Å². The van der Waals surface area contributed by atoms with Gasteiger partial charge >= 0.3 is 6.03 Å². The highest BCUT2D eigenvalue weighted by Gasteiger charge is 2.22. The number of carbonyl (C=O) groups excluding carboxylic acids is 1. The van der Waals surface area contributed by atoms with Crippen molar-refractivity contribution in [3.05, 3.63) is 35.4 Å². The van der Waals surface area contributed by atoms with Gasteiger partial charge in [-0.05, 0) is 42.7 Å². The first-order valence-electron chi connectivity index (χ1n) is 7.94. The van der Waals surface area contributed by atoms with Crippen molar-refractivity contribution in [1.82, 2.24) is 10.2 Å². The summed E-state index contributed by atoms with van der Waals surface area (Å²) in [6.07, 6.45) is 3.91. The van der Waals surface area contributed by atoms with E-state index in [1.54, 1.807) is 0 Å². The summed E-state index contributed by atoms with van der Waals surface area (Å²) >= 11 is 0. The number of aliphatic hydroxyl groups is 1. The number of rotatable bonds is 5. The maximum atomic E-state index is 12.1. The van der Waals surface area contributed by atoms with Crippen LogP contribution in [0, 0.1) is 5.92 Å². The number of urea groups is 1. The van der Waals surface area contributed by atoms with Crippen LogP contribution >= 0.6 is 0 Å². The van der Waals surface area contributed by atoms with Crippen molar-refractivity contribution in [1.29, 1.82) is 0 Å². The fourth-order valence-electron chi connectivity index (χ4n) is 2.77. The normalized spacial score (nSPS) is 18.6. The number of likely N-dealkylation sites (tertiary alicyclic amines) is 1. The Hall–Kier alpha value is -1.55. The zero-order chi connectivity index (χ0) is 15.1. The van der Waals surface area contributed by atoms with Gasteiger partial charge in [0, 0.05) is 26.2 Å². The fraction of sp³-hybridized carbons (Fsp3) is 0.588. The molecule has 2 N–H and O–H groups in total. The van der Waals surface area contributed by atoms with Crippen LogP contribution in [0.15, 0.2) is 24.3 Å². The molecule has 2 rings (SSSR count). The lowest BCUT2D eigenvalue weighted by molar-refractivity contribution is 0.129. The summed E-state index contributed by atoms with van der Waals surface area (Å²) in [5, 5.41) is 12.2. The van der Waals surface area contributed by atoms with Crippen molar-refractivity contribution < 1.29 is 9.90 Å². The molecule has 0 radical (unpaired) electrons. The van der Waals surface area contributed by atoms with E-state index in [9.17, 15) is 9.90 Å². The average Bonchev–Trinajstić information content (AvgIpc) is 2.55. The summed E-state index contributed by atoms with van der Waals surface area (Å²) in [5.41, 5.74) is 2.59. The smallest absolute Gasteiger partial charge is 0.317 e. The van der Waals surface area contributed by atoms with Crippen molar-refractivity contribution in [3.63, 3.8) is 0 Å². The molecule has 1 aromatic rings. The lowest BCUT2D eigenvalue weighted by Gasteiger charge is -2.31. The summed E-state index contributed by atoms with van der Waals surface area (Å²) in [4.78, 5) is 13.9. The van der Waals surface area contributed by atoms with E-state index < -0.39 is 0 Å². The minimum absolute atomic E-state index is 0.00155. The number of amides is 2. The molecule has 1 heterocycles. The fourth-order valence-corrected chi connectivity index (χ4v) is 2.77. The van der Waals surface area contributed by atoms with E-state index in [4.69, 9.17) is 0 Å². The number of hydrogen-bond acceptors (Lipinski definition) is 2. The molecule has 1 aromatic carbocycles. The number of aryl methyl sites for hydroxylation is 1. The van der Waals surface area contributed by atoms with E-state index in [-0.39, 0.29) is 18.6 Å². The monoisotopic (exact) mass is 290 g/mol. The molecule has 4 nitrogen and oxygen atoms in total. The molecule has 1 atom stereocenters. The molecule has 4 heteroatoms. The minimum Gasteiger partial charge on any atom is -0.396 e. The Bertz CT molecular complexity index is 445. The second-order valence-corrected chi connectivity index (χ2v) is 5.79. The number of hydrogen-bond donors (Lipinski definition) is 2. The standard InChI is InChI=1S/C17H26N2O2/c1-2-14-5-7-15(8-6-14)9-10-18-17(21)19-11-3-4-16(12-19)13-20/h5-8,16,20H,2-4,9-13H2,1H3,(H,18,21). The number of nitrogens with zero attached hydrogens (tertiary/aromatic N) is 1. The predicted molar refractivity (Wildman–Crippen MR) is 84.3 cm³/mol. The Morgan fingerprint density at radius 1 is 1.33 bits per heavy atom. The van der Waals surface area contributed by atoms with Gasteiger partial charge in [0.1, 0.15) is 0 Å². The Morgan fingerprint density at radius 2 is 2.05 bits per heavy atom. The van der Waals surface area contributed by atoms with Gasteiger partial charge < -0.3 is 15.3 Å². The lowest BCUT2D eigenvalue weighted by atomic mass is 9.99. The Morgan fingerprint density at radius 3 is 2.71 bits per heavy atom. The van der Waals surface area contributed by atoms with Crippen LogP contribution in [0.5, 0.6) is 0 Å². The zero-order valence-electron chi connectivity index (χ0n) is 12.8. The van der Waals surface area contributed by atoms with Crippen LogP contribution < -0.4 is 5.32 Å². The highest BCUT2D eigenvalue weighted by atomic mass is 16.3. The first kappa shape index (κ1) is 15.8. The number of aliphatic hydroxyl groups excluding tert-OH is 1. The third kappa shape index (κ3) is 4.74. The zero-order valence-corrected chi connectivity index (χ0v) is 12.8. The molecule has 21 heavy (non-hydrogen) atoms. The van der Waals surface area contributed by atoms with Gasteiger partial charge in [-0.1, -0.05) is 31.2 Å². The van der Waals surface area contributed by atoms with Crippen LogP contribution in [0.25, 0.3) is 0 Å². The van der Waals surface area contributed by atoms with Crippen LogP contribution in [0.3, 0.4) is 0 Å². The largest absolute Gasteiger partial charge is 0.396 e. The maximum Gasteiger partial charge on any atom is 0.317 e. The maximum absolute atomic E-state index is 12.1. The Labute approximate surface area is 127 Å². The quantitative estimate of drug-likeness (QED) is 0.873. The molecular weight excluding hydrogens is 264 g/mol. The lowest BCUT2D eigenvalue weighted by Crippen LogP contribution is -2.46. The van der Waals surface area contributed by atoms with E-state index >= 15 is 0 Å². The van der Waals surface area contributed by atoms with Gasteiger partial charge in [0.25, 0.3) is 0 Å². The summed E-state index contributed by atoms with van der Waals surface area (Å²) < 4.78 is 0. The van der Waals surface area contributed by atoms with Crippen molar-refractivity contribution in [2.24, 2.45) is 5.92 Å². The molecule has 0 saturated carbocycles. The molecule has 116 valence electrons. The highest BCUT2D eigenvalue weighted by molar-refractivity contribution is 5.74. The van der Waals surface area contributed by atoms with Crippen LogP contribution in [-0.4, -0.2) is 42.3 Å². The van der Waals surface area contributed by atoms with E-state index in [2.05, 4.69) is 36.5 Å². The van der Waals surface area contributed by atoms with Crippen molar-refractivity contribution in [2.75, 3.05) is 26.2 Å². The molecule has 1 aliphatic heterocycles. The van der Waals surface area contributed by atoms with E-state index in [1.165, 1.54) is 11.1 Å².